The number of aryl methyl sites for hydroxylation is 1. The van der Waals surface area contributed by atoms with Gasteiger partial charge in [-0.3, -0.25) is 9.59 Å². The number of pyridine rings is 2. The first kappa shape index (κ1) is 24.5. The first-order chi connectivity index (χ1) is 16.5. The van der Waals surface area contributed by atoms with Gasteiger partial charge in [-0.05, 0) is 42.2 Å². The highest BCUT2D eigenvalue weighted by atomic mass is 19.4. The van der Waals surface area contributed by atoms with Crippen LogP contribution in [0.5, 0.6) is 5.75 Å². The fraction of sp³-hybridized carbons (Fsp3) is 0.375. The Morgan fingerprint density at radius 1 is 1.20 bits per heavy atom. The highest BCUT2D eigenvalue weighted by Crippen LogP contribution is 2.30. The molecule has 1 fully saturated rings. The van der Waals surface area contributed by atoms with Gasteiger partial charge in [-0.1, -0.05) is 19.1 Å². The van der Waals surface area contributed by atoms with Crippen molar-refractivity contribution in [2.24, 2.45) is 18.7 Å². The Kier molecular flexibility index (Phi) is 6.70. The number of rotatable bonds is 6. The molecule has 1 aliphatic rings. The Bertz CT molecular complexity index is 1290. The molecule has 0 saturated carbocycles. The average Bonchev–Trinajstić information content (AvgIpc) is 2.80. The van der Waals surface area contributed by atoms with E-state index in [-0.39, 0.29) is 35.6 Å². The maximum absolute atomic E-state index is 12.5. The number of piperidine rings is 1. The SMILES string of the molecule is C[C@H]1CN(c2cc(=O)n(C)c3ccc(C(N)=O)nc23)CC[C@H]1OCc1ccc(OC(F)(F)F)cc1. The lowest BCUT2D eigenvalue weighted by molar-refractivity contribution is -0.274. The van der Waals surface area contributed by atoms with Gasteiger partial charge in [-0.25, -0.2) is 4.98 Å². The number of fused-ring (bicyclic) bond motifs is 1. The summed E-state index contributed by atoms with van der Waals surface area (Å²) in [6.45, 7) is 3.47. The van der Waals surface area contributed by atoms with Gasteiger partial charge in [0, 0.05) is 26.2 Å². The number of primary amides is 1. The molecule has 1 amide bonds. The molecule has 1 aromatic carbocycles. The molecule has 186 valence electrons. The number of hydrogen-bond donors (Lipinski definition) is 1. The Morgan fingerprint density at radius 3 is 2.54 bits per heavy atom. The molecule has 3 aromatic rings. The van der Waals surface area contributed by atoms with Crippen LogP contribution in [0.2, 0.25) is 0 Å². The van der Waals surface area contributed by atoms with Gasteiger partial charge in [-0.2, -0.15) is 0 Å². The minimum atomic E-state index is -4.73. The number of hydrogen-bond acceptors (Lipinski definition) is 6. The first-order valence-electron chi connectivity index (χ1n) is 11.0. The van der Waals surface area contributed by atoms with E-state index in [1.807, 2.05) is 6.92 Å². The van der Waals surface area contributed by atoms with Gasteiger partial charge in [0.05, 0.1) is 23.9 Å². The van der Waals surface area contributed by atoms with Gasteiger partial charge < -0.3 is 24.7 Å². The summed E-state index contributed by atoms with van der Waals surface area (Å²) in [5, 5.41) is 0. The fourth-order valence-electron chi connectivity index (χ4n) is 4.27. The Morgan fingerprint density at radius 2 is 1.91 bits per heavy atom. The van der Waals surface area contributed by atoms with Crippen LogP contribution < -0.4 is 20.9 Å². The molecule has 0 radical (unpaired) electrons. The third-order valence-corrected chi connectivity index (χ3v) is 6.11. The van der Waals surface area contributed by atoms with E-state index in [9.17, 15) is 22.8 Å². The molecule has 2 atom stereocenters. The average molecular weight is 490 g/mol. The van der Waals surface area contributed by atoms with Gasteiger partial charge in [0.25, 0.3) is 11.5 Å². The van der Waals surface area contributed by atoms with E-state index in [4.69, 9.17) is 10.5 Å². The fourth-order valence-corrected chi connectivity index (χ4v) is 4.27. The molecular weight excluding hydrogens is 465 g/mol. The first-order valence-corrected chi connectivity index (χ1v) is 11.0. The van der Waals surface area contributed by atoms with E-state index < -0.39 is 12.3 Å². The summed E-state index contributed by atoms with van der Waals surface area (Å²) in [6, 6.07) is 10.3. The van der Waals surface area contributed by atoms with E-state index in [1.54, 1.807) is 13.1 Å². The van der Waals surface area contributed by atoms with Gasteiger partial charge >= 0.3 is 6.36 Å². The smallest absolute Gasteiger partial charge is 0.406 e. The zero-order valence-corrected chi connectivity index (χ0v) is 19.2. The lowest BCUT2D eigenvalue weighted by Crippen LogP contribution is -2.43. The van der Waals surface area contributed by atoms with Crippen molar-refractivity contribution >= 4 is 22.6 Å². The summed E-state index contributed by atoms with van der Waals surface area (Å²) in [7, 11) is 1.64. The molecule has 3 heterocycles. The molecule has 1 saturated heterocycles. The Balaban J connectivity index is 1.45. The van der Waals surface area contributed by atoms with Gasteiger partial charge in [-0.15, -0.1) is 13.2 Å². The molecule has 8 nitrogen and oxygen atoms in total. The molecule has 4 rings (SSSR count). The topological polar surface area (TPSA) is 99.7 Å². The van der Waals surface area contributed by atoms with Crippen LogP contribution in [0.4, 0.5) is 18.9 Å². The van der Waals surface area contributed by atoms with Crippen molar-refractivity contribution in [3.8, 4) is 5.75 Å². The molecule has 0 bridgehead atoms. The zero-order valence-electron chi connectivity index (χ0n) is 19.2. The maximum atomic E-state index is 12.5. The highest BCUT2D eigenvalue weighted by Gasteiger charge is 2.31. The number of alkyl halides is 3. The van der Waals surface area contributed by atoms with Crippen LogP contribution in [0.3, 0.4) is 0 Å². The highest BCUT2D eigenvalue weighted by molar-refractivity contribution is 5.96. The largest absolute Gasteiger partial charge is 0.573 e. The predicted molar refractivity (Wildman–Crippen MR) is 123 cm³/mol. The van der Waals surface area contributed by atoms with Crippen LogP contribution in [0.15, 0.2) is 47.3 Å². The Labute approximate surface area is 199 Å². The number of halogens is 3. The number of anilines is 1. The van der Waals surface area contributed by atoms with E-state index in [0.717, 1.165) is 5.56 Å². The second-order valence-electron chi connectivity index (χ2n) is 8.61. The molecule has 2 aromatic heterocycles. The van der Waals surface area contributed by atoms with Crippen LogP contribution in [0.25, 0.3) is 11.0 Å². The number of amides is 1. The second-order valence-corrected chi connectivity index (χ2v) is 8.61. The van der Waals surface area contributed by atoms with Crippen molar-refractivity contribution in [2.75, 3.05) is 18.0 Å². The summed E-state index contributed by atoms with van der Waals surface area (Å²) in [5.74, 6) is -0.836. The summed E-state index contributed by atoms with van der Waals surface area (Å²) >= 11 is 0. The monoisotopic (exact) mass is 490 g/mol. The van der Waals surface area contributed by atoms with E-state index in [0.29, 0.717) is 36.2 Å². The third-order valence-electron chi connectivity index (χ3n) is 6.11. The zero-order chi connectivity index (χ0) is 25.3. The third kappa shape index (κ3) is 5.56. The van der Waals surface area contributed by atoms with E-state index in [1.165, 1.54) is 41.0 Å². The molecule has 0 spiro atoms. The van der Waals surface area contributed by atoms with Crippen LogP contribution >= 0.6 is 0 Å². The van der Waals surface area contributed by atoms with E-state index >= 15 is 0 Å². The van der Waals surface area contributed by atoms with Crippen LogP contribution in [0.1, 0.15) is 29.4 Å². The van der Waals surface area contributed by atoms with Crippen molar-refractivity contribution in [3.63, 3.8) is 0 Å². The lowest BCUT2D eigenvalue weighted by Gasteiger charge is -2.38. The normalized spacial score (nSPS) is 18.6. The maximum Gasteiger partial charge on any atom is 0.573 e. The van der Waals surface area contributed by atoms with Crippen LogP contribution in [0, 0.1) is 5.92 Å². The number of benzene rings is 1. The molecule has 11 heteroatoms. The number of ether oxygens (including phenoxy) is 2. The summed E-state index contributed by atoms with van der Waals surface area (Å²) in [4.78, 5) is 30.7. The number of carbonyl (C=O) groups excluding carboxylic acids is 1. The van der Waals surface area contributed by atoms with E-state index in [2.05, 4.69) is 14.6 Å². The van der Waals surface area contributed by atoms with Gasteiger partial charge in [0.2, 0.25) is 0 Å². The predicted octanol–water partition coefficient (Wildman–Crippen LogP) is 3.36. The molecular formula is C24H25F3N4O4. The number of aromatic nitrogens is 2. The van der Waals surface area contributed by atoms with Crippen molar-refractivity contribution < 1.29 is 27.4 Å². The standard InChI is InChI=1S/C24H25F3N4O4/c1-14-12-31(19-11-21(32)30(2)18-8-7-17(23(28)33)29-22(18)19)10-9-20(14)34-13-15-3-5-16(6-4-15)35-24(25,26)27/h3-8,11,14,20H,9-10,12-13H2,1-2H3,(H2,28,33)/t14-,20+/m0/s1. The molecule has 0 unspecified atom stereocenters. The van der Waals surface area contributed by atoms with Crippen LogP contribution in [-0.2, 0) is 18.4 Å². The Hall–Kier alpha value is -3.60. The molecule has 2 N–H and O–H groups in total. The van der Waals surface area contributed by atoms with Gasteiger partial charge in [0.15, 0.2) is 0 Å². The minimum absolute atomic E-state index is 0.0794. The molecule has 35 heavy (non-hydrogen) atoms. The van der Waals surface area contributed by atoms with Crippen molar-refractivity contribution in [3.05, 3.63) is 64.1 Å². The van der Waals surface area contributed by atoms with Crippen molar-refractivity contribution in [2.45, 2.75) is 32.4 Å². The quantitative estimate of drug-likeness (QED) is 0.569. The summed E-state index contributed by atoms with van der Waals surface area (Å²) in [5.41, 5.74) is 7.82. The molecule has 0 aliphatic carbocycles. The summed E-state index contributed by atoms with van der Waals surface area (Å²) in [6.07, 6.45) is -4.14. The number of carbonyl (C=O) groups is 1. The summed E-state index contributed by atoms with van der Waals surface area (Å²) < 4.78 is 48.4. The number of nitrogens with zero attached hydrogens (tertiary/aromatic N) is 3. The molecule has 1 aliphatic heterocycles. The minimum Gasteiger partial charge on any atom is -0.406 e. The second kappa shape index (κ2) is 9.57. The lowest BCUT2D eigenvalue weighted by atomic mass is 9.95. The number of nitrogens with two attached hydrogens (primary N) is 1. The van der Waals surface area contributed by atoms with Crippen LogP contribution in [-0.4, -0.2) is 41.0 Å². The van der Waals surface area contributed by atoms with Gasteiger partial charge in [0.1, 0.15) is 17.0 Å². The van der Waals surface area contributed by atoms with Crippen molar-refractivity contribution in [1.29, 1.82) is 0 Å². The van der Waals surface area contributed by atoms with Crippen molar-refractivity contribution in [1.82, 2.24) is 9.55 Å².